The Morgan fingerprint density at radius 3 is 0.857 bits per heavy atom. The third-order valence-corrected chi connectivity index (χ3v) is 14.4. The molecule has 0 bridgehead atoms. The van der Waals surface area contributed by atoms with Gasteiger partial charge in [-0.25, -0.2) is 0 Å². The quantitative estimate of drug-likeness (QED) is 0.104. The number of rotatable bonds is 4. The van der Waals surface area contributed by atoms with Gasteiger partial charge in [0, 0.05) is 15.7 Å². The van der Waals surface area contributed by atoms with Crippen LogP contribution < -0.4 is 0 Å². The van der Waals surface area contributed by atoms with E-state index in [1.165, 1.54) is 0 Å². The van der Waals surface area contributed by atoms with Gasteiger partial charge in [0.05, 0.1) is 25.0 Å². The number of phenolic OH excluding ortho intramolecular Hbond substituents is 4. The van der Waals surface area contributed by atoms with Crippen molar-refractivity contribution in [2.45, 2.75) is 41.4 Å². The molecule has 1 fully saturated rings. The van der Waals surface area contributed by atoms with Gasteiger partial charge < -0.3 is 20.4 Å². The zero-order valence-electron chi connectivity index (χ0n) is 21.3. The maximum Gasteiger partial charge on any atom is 0.142 e. The molecule has 220 valence electrons. The molecule has 0 radical (unpaired) electrons. The van der Waals surface area contributed by atoms with E-state index in [9.17, 15) is 20.4 Å². The van der Waals surface area contributed by atoms with E-state index in [1.54, 1.807) is 0 Å². The summed E-state index contributed by atoms with van der Waals surface area (Å²) in [5.41, 5.74) is 3.74. The van der Waals surface area contributed by atoms with Crippen LogP contribution in [0.5, 0.6) is 23.0 Å². The van der Waals surface area contributed by atoms with Crippen LogP contribution >= 0.6 is 171 Å². The van der Waals surface area contributed by atoms with Crippen molar-refractivity contribution in [1.29, 1.82) is 0 Å². The SMILES string of the molecule is Oc1c(S)cc(C2(c3cc(I)c(O)c(I)c3)CCC(c3cc(I)c(O)c(I)c3)(c3cc(I)c(O)c(I)c3)CC2)cc1I. The molecule has 0 aromatic heterocycles. The minimum absolute atomic E-state index is 0.180. The highest BCUT2D eigenvalue weighted by Crippen LogP contribution is 2.56. The Morgan fingerprint density at radius 2 is 0.619 bits per heavy atom. The van der Waals surface area contributed by atoms with E-state index in [-0.39, 0.29) is 16.9 Å². The Kier molecular flexibility index (Phi) is 11.3. The maximum absolute atomic E-state index is 10.6. The van der Waals surface area contributed by atoms with Crippen LogP contribution in [0.1, 0.15) is 47.9 Å². The number of halogens is 7. The summed E-state index contributed by atoms with van der Waals surface area (Å²) in [5, 5.41) is 42.5. The van der Waals surface area contributed by atoms with E-state index in [2.05, 4.69) is 213 Å². The molecule has 4 aromatic rings. The fraction of sp³-hybridized carbons (Fsp3) is 0.200. The predicted octanol–water partition coefficient (Wildman–Crippen LogP) is 10.9. The number of hydrogen-bond donors (Lipinski definition) is 5. The third-order valence-electron chi connectivity index (χ3n) is 8.26. The molecule has 4 nitrogen and oxygen atoms in total. The minimum atomic E-state index is -0.392. The number of hydrogen-bond acceptors (Lipinski definition) is 5. The average Bonchev–Trinajstić information content (AvgIpc) is 2.95. The first-order valence-corrected chi connectivity index (χ1v) is 20.5. The molecule has 0 unspecified atom stereocenters. The highest BCUT2D eigenvalue weighted by molar-refractivity contribution is 14.1. The van der Waals surface area contributed by atoms with Crippen LogP contribution in [0.3, 0.4) is 0 Å². The molecule has 4 aromatic carbocycles. The summed E-state index contributed by atoms with van der Waals surface area (Å²) in [7, 11) is 0. The van der Waals surface area contributed by atoms with Crippen LogP contribution in [-0.4, -0.2) is 20.4 Å². The molecule has 12 heteroatoms. The van der Waals surface area contributed by atoms with Crippen molar-refractivity contribution in [2.24, 2.45) is 0 Å². The van der Waals surface area contributed by atoms with Gasteiger partial charge in [0.15, 0.2) is 0 Å². The second kappa shape index (κ2) is 13.6. The number of aromatic hydroxyl groups is 4. The van der Waals surface area contributed by atoms with Gasteiger partial charge in [-0.2, -0.15) is 0 Å². The number of benzene rings is 4. The van der Waals surface area contributed by atoms with Gasteiger partial charge in [-0.15, -0.1) is 12.6 Å². The lowest BCUT2D eigenvalue weighted by molar-refractivity contribution is 0.255. The molecule has 5 rings (SSSR count). The van der Waals surface area contributed by atoms with Crippen LogP contribution in [0.15, 0.2) is 53.4 Å². The van der Waals surface area contributed by atoms with Crippen molar-refractivity contribution in [2.75, 3.05) is 0 Å². The monoisotopic (exact) mass is 1370 g/mol. The van der Waals surface area contributed by atoms with Crippen LogP contribution in [0.25, 0.3) is 0 Å². The zero-order chi connectivity index (χ0) is 30.7. The number of phenols is 4. The Bertz CT molecular complexity index is 1400. The van der Waals surface area contributed by atoms with E-state index in [0.29, 0.717) is 16.4 Å². The fourth-order valence-electron chi connectivity index (χ4n) is 5.98. The van der Waals surface area contributed by atoms with Crippen LogP contribution in [0, 0.1) is 25.0 Å². The van der Waals surface area contributed by atoms with Gasteiger partial charge in [-0.1, -0.05) is 0 Å². The molecular formula is C30H21I7O4S. The Hall–Kier alpha value is 1.54. The molecule has 1 aliphatic rings. The first-order valence-electron chi connectivity index (χ1n) is 12.5. The molecule has 0 heterocycles. The maximum atomic E-state index is 10.6. The van der Waals surface area contributed by atoms with Crippen molar-refractivity contribution in [3.63, 3.8) is 0 Å². The van der Waals surface area contributed by atoms with E-state index < -0.39 is 5.41 Å². The van der Waals surface area contributed by atoms with E-state index in [0.717, 1.165) is 72.9 Å². The first-order chi connectivity index (χ1) is 19.7. The Labute approximate surface area is 345 Å². The van der Waals surface area contributed by atoms with Gasteiger partial charge in [0.1, 0.15) is 23.0 Å². The van der Waals surface area contributed by atoms with Crippen molar-refractivity contribution in [3.8, 4) is 23.0 Å². The summed E-state index contributed by atoms with van der Waals surface area (Å²) in [6.07, 6.45) is 3.18. The van der Waals surface area contributed by atoms with Crippen LogP contribution in [0.2, 0.25) is 0 Å². The summed E-state index contributed by atoms with van der Waals surface area (Å²) in [6.45, 7) is 0. The van der Waals surface area contributed by atoms with Crippen LogP contribution in [0.4, 0.5) is 0 Å². The normalized spacial score (nSPS) is 16.0. The molecular weight excluding hydrogens is 1340 g/mol. The second-order valence-electron chi connectivity index (χ2n) is 10.4. The Balaban J connectivity index is 1.75. The van der Waals surface area contributed by atoms with E-state index in [1.807, 2.05) is 6.07 Å². The molecule has 1 aliphatic carbocycles. The standard InChI is InChI=1S/C30H21I7O4S/c31-17-5-13(6-18(32)25(17)38)29(14-7-19(33)26(39)20(34)8-14)1-3-30(4-2-29,15-9-21(35)27(40)22(36)10-15)16-11-23(37)28(41)24(42)12-16/h5-12,38-42H,1-4H2. The van der Waals surface area contributed by atoms with Crippen molar-refractivity contribution < 1.29 is 20.4 Å². The Morgan fingerprint density at radius 1 is 0.405 bits per heavy atom. The van der Waals surface area contributed by atoms with Gasteiger partial charge >= 0.3 is 0 Å². The molecule has 4 N–H and O–H groups in total. The van der Waals surface area contributed by atoms with Crippen molar-refractivity contribution >= 4 is 171 Å². The summed E-state index contributed by atoms with van der Waals surface area (Å²) < 4.78 is 5.59. The minimum Gasteiger partial charge on any atom is -0.506 e. The lowest BCUT2D eigenvalue weighted by atomic mass is 9.55. The summed E-state index contributed by atoms with van der Waals surface area (Å²) in [4.78, 5) is 0.543. The molecule has 0 spiro atoms. The lowest BCUT2D eigenvalue weighted by Crippen LogP contribution is -2.41. The zero-order valence-corrected chi connectivity index (χ0v) is 37.3. The van der Waals surface area contributed by atoms with E-state index in [4.69, 9.17) is 0 Å². The smallest absolute Gasteiger partial charge is 0.142 e. The molecule has 1 saturated carbocycles. The fourth-order valence-corrected chi connectivity index (χ4v) is 12.4. The summed E-state index contributed by atoms with van der Waals surface area (Å²) in [6, 6.07) is 16.6. The molecule has 0 atom stereocenters. The van der Waals surface area contributed by atoms with Crippen LogP contribution in [-0.2, 0) is 10.8 Å². The second-order valence-corrected chi connectivity index (χ2v) is 19.0. The first kappa shape index (κ1) is 34.9. The molecule has 0 amide bonds. The lowest BCUT2D eigenvalue weighted by Gasteiger charge is -2.48. The summed E-state index contributed by atoms with van der Waals surface area (Å²) in [5.74, 6) is 1.06. The highest BCUT2D eigenvalue weighted by Gasteiger charge is 2.47. The predicted molar refractivity (Wildman–Crippen MR) is 229 cm³/mol. The van der Waals surface area contributed by atoms with Crippen molar-refractivity contribution in [3.05, 3.63) is 95.8 Å². The average molecular weight is 1370 g/mol. The highest BCUT2D eigenvalue weighted by atomic mass is 127. The summed E-state index contributed by atoms with van der Waals surface area (Å²) >= 11 is 20.0. The molecule has 0 saturated heterocycles. The van der Waals surface area contributed by atoms with Gasteiger partial charge in [0.25, 0.3) is 0 Å². The van der Waals surface area contributed by atoms with Gasteiger partial charge in [-0.3, -0.25) is 0 Å². The van der Waals surface area contributed by atoms with E-state index >= 15 is 0 Å². The molecule has 0 aliphatic heterocycles. The largest absolute Gasteiger partial charge is 0.506 e. The third kappa shape index (κ3) is 6.37. The van der Waals surface area contributed by atoms with Crippen molar-refractivity contribution in [1.82, 2.24) is 0 Å². The topological polar surface area (TPSA) is 80.9 Å². The number of thiol groups is 1. The molecule has 42 heavy (non-hydrogen) atoms. The van der Waals surface area contributed by atoms with Gasteiger partial charge in [-0.05, 0) is 255 Å². The van der Waals surface area contributed by atoms with Gasteiger partial charge in [0.2, 0.25) is 0 Å².